The summed E-state index contributed by atoms with van der Waals surface area (Å²) < 4.78 is 0. The minimum atomic E-state index is 1.29. The Hall–Kier alpha value is 0.270. The van der Waals surface area contributed by atoms with Crippen LogP contribution in [0.1, 0.15) is 71.1 Å². The minimum Gasteiger partial charge on any atom is -0.0822 e. The number of hydrogen-bond acceptors (Lipinski definition) is 3. The zero-order chi connectivity index (χ0) is 15.0. The summed E-state index contributed by atoms with van der Waals surface area (Å²) in [7, 11) is 5.81. The molecule has 0 nitrogen and oxygen atoms in total. The molecule has 0 saturated carbocycles. The topological polar surface area (TPSA) is 0 Å². The van der Waals surface area contributed by atoms with Gasteiger partial charge < -0.3 is 0 Å². The second-order valence-electron chi connectivity index (χ2n) is 5.47. The highest BCUT2D eigenvalue weighted by Gasteiger charge is 1.96. The van der Waals surface area contributed by atoms with Crippen LogP contribution in [-0.4, -0.2) is 5.75 Å². The SMILES string of the molecule is CCCCCCCCCCCCSSSc1ccccc1. The molecule has 0 aromatic heterocycles. The van der Waals surface area contributed by atoms with Gasteiger partial charge in [-0.1, -0.05) is 93.7 Å². The van der Waals surface area contributed by atoms with E-state index >= 15 is 0 Å². The van der Waals surface area contributed by atoms with Gasteiger partial charge in [0.15, 0.2) is 0 Å². The van der Waals surface area contributed by atoms with E-state index in [1.807, 2.05) is 31.4 Å². The van der Waals surface area contributed by atoms with E-state index in [9.17, 15) is 0 Å². The molecule has 0 bridgehead atoms. The number of rotatable bonds is 14. The molecule has 0 saturated heterocycles. The summed E-state index contributed by atoms with van der Waals surface area (Å²) in [6.45, 7) is 2.29. The van der Waals surface area contributed by atoms with Crippen molar-refractivity contribution in [2.24, 2.45) is 0 Å². The van der Waals surface area contributed by atoms with Gasteiger partial charge in [0.25, 0.3) is 0 Å². The van der Waals surface area contributed by atoms with Crippen molar-refractivity contribution in [3.05, 3.63) is 30.3 Å². The highest BCUT2D eigenvalue weighted by Crippen LogP contribution is 2.40. The highest BCUT2D eigenvalue weighted by molar-refractivity contribution is 9.09. The van der Waals surface area contributed by atoms with Crippen LogP contribution < -0.4 is 0 Å². The lowest BCUT2D eigenvalue weighted by Gasteiger charge is -2.02. The Morgan fingerprint density at radius 3 is 1.90 bits per heavy atom. The zero-order valence-corrected chi connectivity index (χ0v) is 15.8. The lowest BCUT2D eigenvalue weighted by atomic mass is 10.1. The fourth-order valence-electron chi connectivity index (χ4n) is 2.22. The van der Waals surface area contributed by atoms with E-state index in [0.717, 1.165) is 0 Å². The standard InChI is InChI=1S/C18H30S3/c1-2-3-4-5-6-7-8-9-10-14-17-19-21-20-18-15-12-11-13-16-18/h11-13,15-16H,2-10,14,17H2,1H3. The van der Waals surface area contributed by atoms with Crippen LogP contribution in [0.15, 0.2) is 35.2 Å². The monoisotopic (exact) mass is 342 g/mol. The van der Waals surface area contributed by atoms with Gasteiger partial charge in [0.2, 0.25) is 0 Å². The van der Waals surface area contributed by atoms with Gasteiger partial charge in [0.05, 0.1) is 0 Å². The first-order chi connectivity index (χ1) is 10.4. The average Bonchev–Trinajstić information content (AvgIpc) is 2.53. The van der Waals surface area contributed by atoms with E-state index in [4.69, 9.17) is 0 Å². The summed E-state index contributed by atoms with van der Waals surface area (Å²) in [5.41, 5.74) is 0. The molecule has 0 N–H and O–H groups in total. The van der Waals surface area contributed by atoms with Gasteiger partial charge in [0.1, 0.15) is 0 Å². The third-order valence-corrected chi connectivity index (χ3v) is 7.64. The van der Waals surface area contributed by atoms with Crippen molar-refractivity contribution in [3.8, 4) is 0 Å². The van der Waals surface area contributed by atoms with Crippen molar-refractivity contribution in [3.63, 3.8) is 0 Å². The predicted octanol–water partition coefficient (Wildman–Crippen LogP) is 8.00. The highest BCUT2D eigenvalue weighted by atomic mass is 33.5. The molecule has 0 aliphatic heterocycles. The van der Waals surface area contributed by atoms with Crippen molar-refractivity contribution in [2.45, 2.75) is 76.0 Å². The quantitative estimate of drug-likeness (QED) is 0.248. The molecule has 1 aromatic carbocycles. The Morgan fingerprint density at radius 1 is 0.714 bits per heavy atom. The molecule has 0 amide bonds. The van der Waals surface area contributed by atoms with Crippen molar-refractivity contribution in [1.82, 2.24) is 0 Å². The van der Waals surface area contributed by atoms with Crippen molar-refractivity contribution in [1.29, 1.82) is 0 Å². The summed E-state index contributed by atoms with van der Waals surface area (Å²) >= 11 is 0. The van der Waals surface area contributed by atoms with Crippen LogP contribution in [0, 0.1) is 0 Å². The van der Waals surface area contributed by atoms with E-state index in [2.05, 4.69) is 37.3 Å². The maximum Gasteiger partial charge on any atom is 0.0191 e. The molecule has 0 heterocycles. The molecular weight excluding hydrogens is 312 g/mol. The Kier molecular flexibility index (Phi) is 14.0. The Balaban J connectivity index is 1.75. The number of hydrogen-bond donors (Lipinski definition) is 0. The first-order valence-electron chi connectivity index (χ1n) is 8.44. The van der Waals surface area contributed by atoms with Crippen LogP contribution in [-0.2, 0) is 0 Å². The van der Waals surface area contributed by atoms with Crippen molar-refractivity contribution < 1.29 is 0 Å². The minimum absolute atomic E-state index is 1.29. The molecule has 0 unspecified atom stereocenters. The molecule has 1 rings (SSSR count). The predicted molar refractivity (Wildman–Crippen MR) is 104 cm³/mol. The molecule has 1 aromatic rings. The van der Waals surface area contributed by atoms with E-state index in [-0.39, 0.29) is 0 Å². The van der Waals surface area contributed by atoms with E-state index in [1.54, 1.807) is 0 Å². The van der Waals surface area contributed by atoms with Crippen LogP contribution in [0.5, 0.6) is 0 Å². The summed E-state index contributed by atoms with van der Waals surface area (Å²) in [5.74, 6) is 1.29. The number of benzene rings is 1. The lowest BCUT2D eigenvalue weighted by Crippen LogP contribution is -1.82. The molecule has 0 spiro atoms. The summed E-state index contributed by atoms with van der Waals surface area (Å²) in [5, 5.41) is 0. The second kappa shape index (κ2) is 15.2. The Bertz CT molecular complexity index is 313. The van der Waals surface area contributed by atoms with Crippen molar-refractivity contribution >= 4 is 31.4 Å². The molecule has 0 fully saturated rings. The lowest BCUT2D eigenvalue weighted by molar-refractivity contribution is 0.563. The third kappa shape index (κ3) is 12.5. The van der Waals surface area contributed by atoms with Crippen LogP contribution in [0.2, 0.25) is 0 Å². The molecule has 0 aliphatic carbocycles. The van der Waals surface area contributed by atoms with Gasteiger partial charge in [-0.25, -0.2) is 0 Å². The fourth-order valence-corrected chi connectivity index (χ4v) is 6.03. The first kappa shape index (κ1) is 19.3. The number of unbranched alkanes of at least 4 members (excludes halogenated alkanes) is 9. The van der Waals surface area contributed by atoms with Crippen LogP contribution in [0.25, 0.3) is 0 Å². The van der Waals surface area contributed by atoms with Crippen LogP contribution >= 0.6 is 31.4 Å². The van der Waals surface area contributed by atoms with Gasteiger partial charge in [-0.05, 0) is 39.2 Å². The normalized spacial score (nSPS) is 10.9. The maximum absolute atomic E-state index is 2.29. The Morgan fingerprint density at radius 2 is 1.29 bits per heavy atom. The van der Waals surface area contributed by atoms with Gasteiger partial charge in [-0.15, -0.1) is 0 Å². The van der Waals surface area contributed by atoms with Gasteiger partial charge in [-0.3, -0.25) is 0 Å². The van der Waals surface area contributed by atoms with Gasteiger partial charge >= 0.3 is 0 Å². The van der Waals surface area contributed by atoms with Crippen LogP contribution in [0.4, 0.5) is 0 Å². The van der Waals surface area contributed by atoms with Crippen molar-refractivity contribution in [2.75, 3.05) is 5.75 Å². The van der Waals surface area contributed by atoms with E-state index in [1.165, 1.54) is 74.9 Å². The van der Waals surface area contributed by atoms with Crippen LogP contribution in [0.3, 0.4) is 0 Å². The third-order valence-electron chi connectivity index (χ3n) is 3.50. The van der Waals surface area contributed by atoms with Gasteiger partial charge in [-0.2, -0.15) is 0 Å². The summed E-state index contributed by atoms with van der Waals surface area (Å²) in [6, 6.07) is 10.6. The smallest absolute Gasteiger partial charge is 0.0191 e. The average molecular weight is 343 g/mol. The molecule has 0 aliphatic rings. The van der Waals surface area contributed by atoms with E-state index in [0.29, 0.717) is 0 Å². The summed E-state index contributed by atoms with van der Waals surface area (Å²) in [4.78, 5) is 1.36. The largest absolute Gasteiger partial charge is 0.0822 e. The zero-order valence-electron chi connectivity index (χ0n) is 13.4. The van der Waals surface area contributed by atoms with E-state index < -0.39 is 0 Å². The summed E-state index contributed by atoms with van der Waals surface area (Å²) in [6.07, 6.45) is 14.3. The molecule has 120 valence electrons. The molecule has 0 radical (unpaired) electrons. The fraction of sp³-hybridized carbons (Fsp3) is 0.667. The maximum atomic E-state index is 2.29. The second-order valence-corrected chi connectivity index (χ2v) is 9.73. The molecule has 0 atom stereocenters. The molecule has 3 heteroatoms. The Labute approximate surface area is 143 Å². The molecular formula is C18H30S3. The first-order valence-corrected chi connectivity index (χ1v) is 12.1. The van der Waals surface area contributed by atoms with Gasteiger partial charge in [0, 0.05) is 10.6 Å². The molecule has 21 heavy (non-hydrogen) atoms.